The lowest BCUT2D eigenvalue weighted by molar-refractivity contribution is 0.101. The van der Waals surface area contributed by atoms with Gasteiger partial charge in [-0.2, -0.15) is 0 Å². The highest BCUT2D eigenvalue weighted by Crippen LogP contribution is 2.19. The average molecular weight is 386 g/mol. The molecule has 2 amide bonds. The molecule has 0 bridgehead atoms. The lowest BCUT2D eigenvalue weighted by Gasteiger charge is -2.05. The molecule has 0 saturated heterocycles. The molecule has 2 heterocycles. The van der Waals surface area contributed by atoms with Crippen LogP contribution in [0.5, 0.6) is 5.75 Å². The molecule has 0 saturated carbocycles. The van der Waals surface area contributed by atoms with E-state index in [9.17, 15) is 9.59 Å². The second-order valence-electron chi connectivity index (χ2n) is 6.24. The standard InChI is InChI=1S/C22H18N4O3/c1-29-17-12-10-16(11-13-17)24-22(28)20-25-19(18-9-5-6-14-26(18)20)21(27)23-15-7-3-2-4-8-15/h2-14H,1H3,(H,23,27)(H,24,28). The van der Waals surface area contributed by atoms with Crippen molar-refractivity contribution in [1.29, 1.82) is 0 Å². The third-order valence-electron chi connectivity index (χ3n) is 4.35. The number of ether oxygens (including phenoxy) is 1. The van der Waals surface area contributed by atoms with Crippen molar-refractivity contribution in [2.75, 3.05) is 17.7 Å². The molecule has 0 spiro atoms. The van der Waals surface area contributed by atoms with E-state index in [4.69, 9.17) is 4.74 Å². The molecule has 29 heavy (non-hydrogen) atoms. The Balaban J connectivity index is 1.64. The number of amides is 2. The van der Waals surface area contributed by atoms with Gasteiger partial charge in [0.1, 0.15) is 5.75 Å². The molecule has 144 valence electrons. The maximum atomic E-state index is 12.8. The van der Waals surface area contributed by atoms with E-state index in [1.807, 2.05) is 18.2 Å². The Labute approximate surface area is 167 Å². The molecule has 4 aromatic rings. The van der Waals surface area contributed by atoms with Crippen LogP contribution in [0.25, 0.3) is 5.52 Å². The van der Waals surface area contributed by atoms with Crippen LogP contribution in [0.15, 0.2) is 79.0 Å². The van der Waals surface area contributed by atoms with Crippen molar-refractivity contribution in [2.24, 2.45) is 0 Å². The number of methoxy groups -OCH3 is 1. The number of hydrogen-bond acceptors (Lipinski definition) is 4. The molecule has 0 aliphatic rings. The van der Waals surface area contributed by atoms with Crippen LogP contribution >= 0.6 is 0 Å². The number of pyridine rings is 1. The summed E-state index contributed by atoms with van der Waals surface area (Å²) in [6.07, 6.45) is 1.70. The van der Waals surface area contributed by atoms with Crippen molar-refractivity contribution in [3.05, 3.63) is 90.5 Å². The summed E-state index contributed by atoms with van der Waals surface area (Å²) in [5.41, 5.74) is 1.97. The van der Waals surface area contributed by atoms with Crippen molar-refractivity contribution < 1.29 is 14.3 Å². The van der Waals surface area contributed by atoms with E-state index >= 15 is 0 Å². The highest BCUT2D eigenvalue weighted by Gasteiger charge is 2.21. The van der Waals surface area contributed by atoms with Crippen LogP contribution in [-0.4, -0.2) is 28.3 Å². The quantitative estimate of drug-likeness (QED) is 0.546. The zero-order chi connectivity index (χ0) is 20.2. The summed E-state index contributed by atoms with van der Waals surface area (Å²) in [6.45, 7) is 0. The first-order valence-corrected chi connectivity index (χ1v) is 8.94. The van der Waals surface area contributed by atoms with Crippen molar-refractivity contribution in [2.45, 2.75) is 0 Å². The van der Waals surface area contributed by atoms with Gasteiger partial charge in [0.2, 0.25) is 5.82 Å². The largest absolute Gasteiger partial charge is 0.497 e. The van der Waals surface area contributed by atoms with Crippen LogP contribution in [0.2, 0.25) is 0 Å². The lowest BCUT2D eigenvalue weighted by Crippen LogP contribution is -2.16. The number of hydrogen-bond donors (Lipinski definition) is 2. The van der Waals surface area contributed by atoms with Crippen LogP contribution in [0.4, 0.5) is 11.4 Å². The van der Waals surface area contributed by atoms with Crippen molar-refractivity contribution in [3.8, 4) is 5.75 Å². The Hall–Kier alpha value is -4.13. The van der Waals surface area contributed by atoms with E-state index < -0.39 is 5.91 Å². The van der Waals surface area contributed by atoms with E-state index in [1.165, 1.54) is 0 Å². The molecule has 7 nitrogen and oxygen atoms in total. The topological polar surface area (TPSA) is 84.7 Å². The smallest absolute Gasteiger partial charge is 0.292 e. The summed E-state index contributed by atoms with van der Waals surface area (Å²) in [4.78, 5) is 29.9. The molecule has 0 aliphatic heterocycles. The number of fused-ring (bicyclic) bond motifs is 1. The fraction of sp³-hybridized carbons (Fsp3) is 0.0455. The zero-order valence-corrected chi connectivity index (χ0v) is 15.6. The Morgan fingerprint density at radius 3 is 2.21 bits per heavy atom. The van der Waals surface area contributed by atoms with Gasteiger partial charge in [-0.15, -0.1) is 0 Å². The van der Waals surface area contributed by atoms with Crippen LogP contribution in [0.1, 0.15) is 21.1 Å². The first-order valence-electron chi connectivity index (χ1n) is 8.94. The van der Waals surface area contributed by atoms with Gasteiger partial charge >= 0.3 is 0 Å². The molecule has 7 heteroatoms. The molecule has 0 aliphatic carbocycles. The number of imidazole rings is 1. The predicted molar refractivity (Wildman–Crippen MR) is 111 cm³/mol. The number of anilines is 2. The second-order valence-corrected chi connectivity index (χ2v) is 6.24. The normalized spacial score (nSPS) is 10.5. The van der Waals surface area contributed by atoms with Crippen LogP contribution in [0.3, 0.4) is 0 Å². The number of nitrogens with one attached hydrogen (secondary N) is 2. The highest BCUT2D eigenvalue weighted by atomic mass is 16.5. The molecule has 4 rings (SSSR count). The third kappa shape index (κ3) is 3.79. The number of para-hydroxylation sites is 1. The molecule has 2 N–H and O–H groups in total. The van der Waals surface area contributed by atoms with Crippen LogP contribution in [0, 0.1) is 0 Å². The summed E-state index contributed by atoms with van der Waals surface area (Å²) in [6, 6.07) is 21.4. The van der Waals surface area contributed by atoms with Crippen LogP contribution < -0.4 is 15.4 Å². The summed E-state index contributed by atoms with van der Waals surface area (Å²) in [5.74, 6) is 0.00212. The number of carbonyl (C=O) groups excluding carboxylic acids is 2. The van der Waals surface area contributed by atoms with Gasteiger partial charge in [0.05, 0.1) is 12.6 Å². The van der Waals surface area contributed by atoms with E-state index in [2.05, 4.69) is 15.6 Å². The van der Waals surface area contributed by atoms with Crippen molar-refractivity contribution in [1.82, 2.24) is 9.38 Å². The first kappa shape index (κ1) is 18.2. The molecule has 2 aromatic heterocycles. The maximum Gasteiger partial charge on any atom is 0.292 e. The fourth-order valence-corrected chi connectivity index (χ4v) is 2.94. The molecule has 0 unspecified atom stereocenters. The number of nitrogens with zero attached hydrogens (tertiary/aromatic N) is 2. The van der Waals surface area contributed by atoms with Crippen molar-refractivity contribution >= 4 is 28.7 Å². The first-order chi connectivity index (χ1) is 14.2. The van der Waals surface area contributed by atoms with E-state index in [0.29, 0.717) is 22.6 Å². The molecular weight excluding hydrogens is 368 g/mol. The molecule has 2 aromatic carbocycles. The molecule has 0 fully saturated rings. The number of aromatic nitrogens is 2. The second kappa shape index (κ2) is 7.85. The number of carbonyl (C=O) groups is 2. The van der Waals surface area contributed by atoms with E-state index in [-0.39, 0.29) is 17.4 Å². The Morgan fingerprint density at radius 2 is 1.48 bits per heavy atom. The molecule has 0 radical (unpaired) electrons. The van der Waals surface area contributed by atoms with Gasteiger partial charge in [-0.05, 0) is 48.5 Å². The molecule has 0 atom stereocenters. The van der Waals surface area contributed by atoms with Crippen molar-refractivity contribution in [3.63, 3.8) is 0 Å². The maximum absolute atomic E-state index is 12.8. The van der Waals surface area contributed by atoms with E-state index in [1.54, 1.807) is 72.3 Å². The Morgan fingerprint density at radius 1 is 0.828 bits per heavy atom. The monoisotopic (exact) mass is 386 g/mol. The Kier molecular flexibility index (Phi) is 4.94. The van der Waals surface area contributed by atoms with E-state index in [0.717, 1.165) is 0 Å². The van der Waals surface area contributed by atoms with Gasteiger partial charge in [-0.1, -0.05) is 24.3 Å². The molecular formula is C22H18N4O3. The summed E-state index contributed by atoms with van der Waals surface area (Å²) in [5, 5.41) is 5.60. The van der Waals surface area contributed by atoms with Gasteiger partial charge in [0.15, 0.2) is 5.69 Å². The van der Waals surface area contributed by atoms with Gasteiger partial charge in [0, 0.05) is 17.6 Å². The minimum Gasteiger partial charge on any atom is -0.497 e. The predicted octanol–water partition coefficient (Wildman–Crippen LogP) is 3.85. The van der Waals surface area contributed by atoms with Gasteiger partial charge < -0.3 is 15.4 Å². The summed E-state index contributed by atoms with van der Waals surface area (Å²) >= 11 is 0. The average Bonchev–Trinajstić information content (AvgIpc) is 3.15. The zero-order valence-electron chi connectivity index (χ0n) is 15.6. The Bertz CT molecular complexity index is 1170. The van der Waals surface area contributed by atoms with Gasteiger partial charge in [-0.25, -0.2) is 4.98 Å². The van der Waals surface area contributed by atoms with Gasteiger partial charge in [0.25, 0.3) is 11.8 Å². The summed E-state index contributed by atoms with van der Waals surface area (Å²) < 4.78 is 6.72. The highest BCUT2D eigenvalue weighted by molar-refractivity contribution is 6.10. The minimum absolute atomic E-state index is 0.120. The third-order valence-corrected chi connectivity index (χ3v) is 4.35. The lowest BCUT2D eigenvalue weighted by atomic mass is 10.3. The number of rotatable bonds is 5. The fourth-order valence-electron chi connectivity index (χ4n) is 2.94. The van der Waals surface area contributed by atoms with Crippen LogP contribution in [-0.2, 0) is 0 Å². The SMILES string of the molecule is COc1ccc(NC(=O)c2nc(C(=O)Nc3ccccc3)c3ccccn23)cc1. The summed E-state index contributed by atoms with van der Waals surface area (Å²) in [7, 11) is 1.58. The minimum atomic E-state index is -0.421. The number of benzene rings is 2. The van der Waals surface area contributed by atoms with Gasteiger partial charge in [-0.3, -0.25) is 14.0 Å².